The summed E-state index contributed by atoms with van der Waals surface area (Å²) >= 11 is 5.87. The molecule has 7 nitrogen and oxygen atoms in total. The predicted molar refractivity (Wildman–Crippen MR) is 108 cm³/mol. The molecule has 0 atom stereocenters. The van der Waals surface area contributed by atoms with Crippen LogP contribution in [0.4, 0.5) is 5.69 Å². The van der Waals surface area contributed by atoms with E-state index in [2.05, 4.69) is 10.6 Å². The molecule has 0 aliphatic rings. The molecular weight excluding hydrogens is 382 g/mol. The van der Waals surface area contributed by atoms with Crippen LogP contribution in [-0.2, 0) is 9.59 Å². The second kappa shape index (κ2) is 10.3. The van der Waals surface area contributed by atoms with E-state index in [1.54, 1.807) is 48.5 Å². The third-order valence-corrected chi connectivity index (χ3v) is 3.98. The summed E-state index contributed by atoms with van der Waals surface area (Å²) in [5.74, 6) is -0.467. The number of anilines is 1. The Labute approximate surface area is 168 Å². The number of likely N-dealkylation sites (N-methyl/N-ethyl adjacent to an activating group) is 1. The van der Waals surface area contributed by atoms with Crippen molar-refractivity contribution >= 4 is 35.0 Å². The number of amides is 3. The fourth-order valence-electron chi connectivity index (χ4n) is 2.33. The topological polar surface area (TPSA) is 87.7 Å². The van der Waals surface area contributed by atoms with Crippen LogP contribution in [0.2, 0.25) is 5.02 Å². The minimum absolute atomic E-state index is 0.149. The minimum Gasteiger partial charge on any atom is -0.494 e. The molecule has 0 aliphatic heterocycles. The Kier molecular flexibility index (Phi) is 7.83. The smallest absolute Gasteiger partial charge is 0.251 e. The van der Waals surface area contributed by atoms with Crippen LogP contribution in [0.1, 0.15) is 17.3 Å². The molecular formula is C20H22ClN3O4. The van der Waals surface area contributed by atoms with Crippen LogP contribution in [0.15, 0.2) is 48.5 Å². The zero-order valence-corrected chi connectivity index (χ0v) is 16.5. The second-order valence-electron chi connectivity index (χ2n) is 5.95. The van der Waals surface area contributed by atoms with Crippen molar-refractivity contribution in [3.8, 4) is 5.75 Å². The van der Waals surface area contributed by atoms with E-state index in [0.717, 1.165) is 0 Å². The molecule has 2 aromatic rings. The van der Waals surface area contributed by atoms with Crippen molar-refractivity contribution in [3.63, 3.8) is 0 Å². The maximum Gasteiger partial charge on any atom is 0.251 e. The molecule has 0 unspecified atom stereocenters. The average Bonchev–Trinajstić information content (AvgIpc) is 2.66. The summed E-state index contributed by atoms with van der Waals surface area (Å²) in [6, 6.07) is 13.3. The van der Waals surface area contributed by atoms with Gasteiger partial charge in [-0.15, -0.1) is 0 Å². The first-order valence-corrected chi connectivity index (χ1v) is 9.07. The molecule has 148 valence electrons. The van der Waals surface area contributed by atoms with Gasteiger partial charge >= 0.3 is 0 Å². The van der Waals surface area contributed by atoms with Gasteiger partial charge in [0.1, 0.15) is 5.75 Å². The van der Waals surface area contributed by atoms with Gasteiger partial charge in [0.05, 0.1) is 19.7 Å². The monoisotopic (exact) mass is 403 g/mol. The van der Waals surface area contributed by atoms with Gasteiger partial charge in [-0.25, -0.2) is 0 Å². The minimum atomic E-state index is -0.388. The Bertz CT molecular complexity index is 840. The molecule has 0 spiro atoms. The Morgan fingerprint density at radius 3 is 2.46 bits per heavy atom. The fraction of sp³-hybridized carbons (Fsp3) is 0.250. The van der Waals surface area contributed by atoms with Crippen LogP contribution in [0.5, 0.6) is 5.75 Å². The summed E-state index contributed by atoms with van der Waals surface area (Å²) < 4.78 is 5.32. The molecule has 3 amide bonds. The Morgan fingerprint density at radius 2 is 1.82 bits per heavy atom. The second-order valence-corrected chi connectivity index (χ2v) is 6.38. The molecule has 0 saturated carbocycles. The lowest BCUT2D eigenvalue weighted by Gasteiger charge is -2.17. The summed E-state index contributed by atoms with van der Waals surface area (Å²) in [7, 11) is 1.49. The first-order chi connectivity index (χ1) is 13.4. The van der Waals surface area contributed by atoms with E-state index in [1.165, 1.54) is 11.9 Å². The lowest BCUT2D eigenvalue weighted by atomic mass is 10.2. The molecule has 28 heavy (non-hydrogen) atoms. The molecule has 2 rings (SSSR count). The van der Waals surface area contributed by atoms with Gasteiger partial charge in [0, 0.05) is 23.3 Å². The molecule has 0 aliphatic carbocycles. The van der Waals surface area contributed by atoms with Crippen LogP contribution in [-0.4, -0.2) is 49.4 Å². The van der Waals surface area contributed by atoms with Gasteiger partial charge in [-0.2, -0.15) is 0 Å². The zero-order valence-electron chi connectivity index (χ0n) is 15.7. The number of hydrogen-bond acceptors (Lipinski definition) is 4. The molecule has 0 radical (unpaired) electrons. The lowest BCUT2D eigenvalue weighted by Crippen LogP contribution is -2.41. The number of hydrogen-bond donors (Lipinski definition) is 2. The molecule has 0 heterocycles. The molecule has 8 heteroatoms. The van der Waals surface area contributed by atoms with Crippen molar-refractivity contribution < 1.29 is 19.1 Å². The van der Waals surface area contributed by atoms with Crippen LogP contribution >= 0.6 is 11.6 Å². The van der Waals surface area contributed by atoms with Gasteiger partial charge in [-0.1, -0.05) is 17.7 Å². The van der Waals surface area contributed by atoms with Crippen LogP contribution in [0, 0.1) is 0 Å². The molecule has 0 bridgehead atoms. The van der Waals surface area contributed by atoms with E-state index in [1.807, 2.05) is 6.92 Å². The molecule has 0 aromatic heterocycles. The van der Waals surface area contributed by atoms with Crippen molar-refractivity contribution in [1.82, 2.24) is 10.2 Å². The van der Waals surface area contributed by atoms with Gasteiger partial charge in [0.2, 0.25) is 11.8 Å². The Balaban J connectivity index is 1.79. The predicted octanol–water partition coefficient (Wildman–Crippen LogP) is 2.57. The van der Waals surface area contributed by atoms with Crippen molar-refractivity contribution in [2.75, 3.05) is 32.1 Å². The van der Waals surface area contributed by atoms with Crippen molar-refractivity contribution in [3.05, 3.63) is 59.1 Å². The Hall–Kier alpha value is -3.06. The highest BCUT2D eigenvalue weighted by molar-refractivity contribution is 6.30. The summed E-state index contributed by atoms with van der Waals surface area (Å²) in [5, 5.41) is 5.70. The largest absolute Gasteiger partial charge is 0.494 e. The SMILES string of the molecule is CCOc1ccc(C(=O)NCC(=O)N(C)CC(=O)Nc2cccc(Cl)c2)cc1. The maximum absolute atomic E-state index is 12.2. The molecule has 0 saturated heterocycles. The normalized spacial score (nSPS) is 10.1. The first kappa shape index (κ1) is 21.2. The third-order valence-electron chi connectivity index (χ3n) is 3.74. The number of nitrogens with one attached hydrogen (secondary N) is 2. The highest BCUT2D eigenvalue weighted by Crippen LogP contribution is 2.15. The number of halogens is 1. The summed E-state index contributed by atoms with van der Waals surface area (Å²) in [4.78, 5) is 37.5. The van der Waals surface area contributed by atoms with Crippen LogP contribution in [0.3, 0.4) is 0 Å². The van der Waals surface area contributed by atoms with E-state index in [0.29, 0.717) is 28.6 Å². The molecule has 2 aromatic carbocycles. The molecule has 2 N–H and O–H groups in total. The van der Waals surface area contributed by atoms with E-state index >= 15 is 0 Å². The van der Waals surface area contributed by atoms with Gasteiger partial charge in [0.25, 0.3) is 5.91 Å². The number of nitrogens with zero attached hydrogens (tertiary/aromatic N) is 1. The van der Waals surface area contributed by atoms with Gasteiger partial charge in [-0.3, -0.25) is 14.4 Å². The van der Waals surface area contributed by atoms with Gasteiger partial charge < -0.3 is 20.3 Å². The van der Waals surface area contributed by atoms with E-state index < -0.39 is 0 Å². The summed E-state index contributed by atoms with van der Waals surface area (Å²) in [6.07, 6.45) is 0. The number of benzene rings is 2. The fourth-order valence-corrected chi connectivity index (χ4v) is 2.52. The number of carbonyl (C=O) groups excluding carboxylic acids is 3. The van der Waals surface area contributed by atoms with Gasteiger partial charge in [0.15, 0.2) is 0 Å². The summed E-state index contributed by atoms with van der Waals surface area (Å²) in [6.45, 7) is 2.05. The third kappa shape index (κ3) is 6.59. The number of ether oxygens (including phenoxy) is 1. The van der Waals surface area contributed by atoms with E-state index in [4.69, 9.17) is 16.3 Å². The lowest BCUT2D eigenvalue weighted by molar-refractivity contribution is -0.132. The average molecular weight is 404 g/mol. The van der Waals surface area contributed by atoms with E-state index in [9.17, 15) is 14.4 Å². The van der Waals surface area contributed by atoms with Crippen LogP contribution < -0.4 is 15.4 Å². The Morgan fingerprint density at radius 1 is 1.11 bits per heavy atom. The standard InChI is InChI=1S/C20H22ClN3O4/c1-3-28-17-9-7-14(8-10-17)20(27)22-12-19(26)24(2)13-18(25)23-16-6-4-5-15(21)11-16/h4-11H,3,12-13H2,1-2H3,(H,22,27)(H,23,25). The highest BCUT2D eigenvalue weighted by Gasteiger charge is 2.15. The van der Waals surface area contributed by atoms with Crippen molar-refractivity contribution in [2.45, 2.75) is 6.92 Å². The summed E-state index contributed by atoms with van der Waals surface area (Å²) in [5.41, 5.74) is 0.958. The van der Waals surface area contributed by atoms with Crippen molar-refractivity contribution in [1.29, 1.82) is 0 Å². The number of carbonyl (C=O) groups is 3. The van der Waals surface area contributed by atoms with Gasteiger partial charge in [-0.05, 0) is 49.4 Å². The first-order valence-electron chi connectivity index (χ1n) is 8.69. The van der Waals surface area contributed by atoms with Crippen molar-refractivity contribution in [2.24, 2.45) is 0 Å². The number of rotatable bonds is 8. The highest BCUT2D eigenvalue weighted by atomic mass is 35.5. The van der Waals surface area contributed by atoms with E-state index in [-0.39, 0.29) is 30.8 Å². The van der Waals surface area contributed by atoms with Crippen LogP contribution in [0.25, 0.3) is 0 Å². The molecule has 0 fully saturated rings. The quantitative estimate of drug-likeness (QED) is 0.709. The maximum atomic E-state index is 12.2. The zero-order chi connectivity index (χ0) is 20.5.